The maximum absolute atomic E-state index is 14.2. The summed E-state index contributed by atoms with van der Waals surface area (Å²) in [6.45, 7) is 3.37. The molecular weight excluding hydrogens is 449 g/mol. The summed E-state index contributed by atoms with van der Waals surface area (Å²) in [5.74, 6) is -1.15. The first-order chi connectivity index (χ1) is 15.8. The maximum atomic E-state index is 14.2. The van der Waals surface area contributed by atoms with Gasteiger partial charge in [-0.05, 0) is 31.6 Å². The molecule has 0 N–H and O–H groups in total. The van der Waals surface area contributed by atoms with Crippen LogP contribution in [0, 0.1) is 15.9 Å². The Labute approximate surface area is 190 Å². The van der Waals surface area contributed by atoms with Gasteiger partial charge in [-0.25, -0.2) is 14.2 Å². The Morgan fingerprint density at radius 2 is 2.06 bits per heavy atom. The average molecular weight is 467 g/mol. The number of rotatable bonds is 5. The number of carbonyl (C=O) groups is 1. The standard InChI is InChI=1S/C23H18FN3O5S/c1-3-32-22(29)19-13(2)25-23-26(20(19)15-8-6-9-16(11-15)27(30)31)21(28)18(33-23)12-14-7-4-5-10-17(14)24/h4-12,20H,3H2,1-2H3/b18-12+/t20-/m1/s1. The van der Waals surface area contributed by atoms with E-state index in [2.05, 4.69) is 4.99 Å². The van der Waals surface area contributed by atoms with Gasteiger partial charge in [-0.15, -0.1) is 0 Å². The van der Waals surface area contributed by atoms with E-state index in [0.29, 0.717) is 16.1 Å². The topological polar surface area (TPSA) is 104 Å². The van der Waals surface area contributed by atoms with Crippen LogP contribution in [-0.2, 0) is 9.53 Å². The fraction of sp³-hybridized carbons (Fsp3) is 0.174. The summed E-state index contributed by atoms with van der Waals surface area (Å²) >= 11 is 1.05. The number of ether oxygens (including phenoxy) is 1. The van der Waals surface area contributed by atoms with Crippen LogP contribution >= 0.6 is 11.3 Å². The fourth-order valence-electron chi connectivity index (χ4n) is 3.65. The first kappa shape index (κ1) is 22.3. The quantitative estimate of drug-likeness (QED) is 0.326. The van der Waals surface area contributed by atoms with Crippen LogP contribution in [0.2, 0.25) is 0 Å². The second-order valence-electron chi connectivity index (χ2n) is 7.18. The fourth-order valence-corrected chi connectivity index (χ4v) is 4.69. The Balaban J connectivity index is 1.99. The predicted octanol–water partition coefficient (Wildman–Crippen LogP) is 2.85. The van der Waals surface area contributed by atoms with Gasteiger partial charge in [0.15, 0.2) is 4.80 Å². The maximum Gasteiger partial charge on any atom is 0.338 e. The monoisotopic (exact) mass is 467 g/mol. The van der Waals surface area contributed by atoms with Crippen LogP contribution in [0.25, 0.3) is 6.08 Å². The van der Waals surface area contributed by atoms with Crippen molar-refractivity contribution in [1.82, 2.24) is 4.57 Å². The molecule has 0 spiro atoms. The molecule has 33 heavy (non-hydrogen) atoms. The Kier molecular flexibility index (Phi) is 6.01. The van der Waals surface area contributed by atoms with Crippen LogP contribution in [-0.4, -0.2) is 22.1 Å². The molecule has 2 aromatic carbocycles. The number of esters is 1. The predicted molar refractivity (Wildman–Crippen MR) is 120 cm³/mol. The van der Waals surface area contributed by atoms with E-state index >= 15 is 0 Å². The van der Waals surface area contributed by atoms with E-state index in [9.17, 15) is 24.1 Å². The van der Waals surface area contributed by atoms with E-state index in [1.807, 2.05) is 0 Å². The number of halogens is 1. The highest BCUT2D eigenvalue weighted by atomic mass is 32.1. The average Bonchev–Trinajstić information content (AvgIpc) is 3.09. The number of thiazole rings is 1. The van der Waals surface area contributed by atoms with Crippen LogP contribution in [0.5, 0.6) is 0 Å². The van der Waals surface area contributed by atoms with E-state index in [4.69, 9.17) is 4.74 Å². The lowest BCUT2D eigenvalue weighted by atomic mass is 9.95. The van der Waals surface area contributed by atoms with Gasteiger partial charge in [0, 0.05) is 17.7 Å². The molecule has 0 fully saturated rings. The Morgan fingerprint density at radius 3 is 2.76 bits per heavy atom. The number of carbonyl (C=O) groups excluding carboxylic acids is 1. The van der Waals surface area contributed by atoms with Gasteiger partial charge in [-0.3, -0.25) is 19.5 Å². The van der Waals surface area contributed by atoms with E-state index < -0.39 is 28.3 Å². The molecule has 1 aliphatic rings. The first-order valence-corrected chi connectivity index (χ1v) is 10.8. The summed E-state index contributed by atoms with van der Waals surface area (Å²) in [4.78, 5) is 41.8. The minimum absolute atomic E-state index is 0.106. The van der Waals surface area contributed by atoms with Crippen LogP contribution in [0.3, 0.4) is 0 Å². The smallest absolute Gasteiger partial charge is 0.338 e. The second-order valence-corrected chi connectivity index (χ2v) is 8.18. The van der Waals surface area contributed by atoms with Crippen LogP contribution in [0.15, 0.2) is 69.6 Å². The Morgan fingerprint density at radius 1 is 1.30 bits per heavy atom. The van der Waals surface area contributed by atoms with Gasteiger partial charge in [-0.1, -0.05) is 41.7 Å². The summed E-state index contributed by atoms with van der Waals surface area (Å²) in [6, 6.07) is 10.8. The third kappa shape index (κ3) is 4.12. The zero-order chi connectivity index (χ0) is 23.7. The van der Waals surface area contributed by atoms with Crippen molar-refractivity contribution in [3.8, 4) is 0 Å². The van der Waals surface area contributed by atoms with Gasteiger partial charge in [0.2, 0.25) is 0 Å². The molecule has 168 valence electrons. The molecule has 1 aromatic heterocycles. The molecule has 0 saturated carbocycles. The molecule has 2 heterocycles. The molecule has 0 aliphatic carbocycles. The number of hydrogen-bond donors (Lipinski definition) is 0. The lowest BCUT2D eigenvalue weighted by Gasteiger charge is -2.24. The van der Waals surface area contributed by atoms with E-state index in [0.717, 1.165) is 11.3 Å². The Hall–Kier alpha value is -3.92. The van der Waals surface area contributed by atoms with Crippen molar-refractivity contribution in [2.45, 2.75) is 19.9 Å². The number of nitro benzene ring substituents is 1. The molecule has 0 amide bonds. The van der Waals surface area contributed by atoms with Gasteiger partial charge < -0.3 is 4.74 Å². The number of allylic oxidation sites excluding steroid dienone is 1. The van der Waals surface area contributed by atoms with E-state index in [1.54, 1.807) is 38.1 Å². The van der Waals surface area contributed by atoms with Gasteiger partial charge in [-0.2, -0.15) is 0 Å². The minimum Gasteiger partial charge on any atom is -0.463 e. The molecule has 0 saturated heterocycles. The van der Waals surface area contributed by atoms with Crippen molar-refractivity contribution >= 4 is 29.1 Å². The third-order valence-corrected chi connectivity index (χ3v) is 6.09. The number of nitro groups is 1. The molecule has 1 atom stereocenters. The summed E-state index contributed by atoms with van der Waals surface area (Å²) in [6.07, 6.45) is 1.42. The van der Waals surface area contributed by atoms with Crippen LogP contribution in [0.4, 0.5) is 10.1 Å². The normalized spacial score (nSPS) is 15.7. The van der Waals surface area contributed by atoms with Gasteiger partial charge in [0.05, 0.1) is 33.4 Å². The summed E-state index contributed by atoms with van der Waals surface area (Å²) in [5.41, 5.74) is 0.369. The summed E-state index contributed by atoms with van der Waals surface area (Å²) < 4.78 is 20.9. The molecule has 1 aliphatic heterocycles. The number of hydrogen-bond acceptors (Lipinski definition) is 7. The number of non-ortho nitro benzene ring substituents is 1. The van der Waals surface area contributed by atoms with Crippen LogP contribution < -0.4 is 14.9 Å². The number of aromatic nitrogens is 1. The molecular formula is C23H18FN3O5S. The van der Waals surface area contributed by atoms with Crippen molar-refractivity contribution in [1.29, 1.82) is 0 Å². The second kappa shape index (κ2) is 8.91. The lowest BCUT2D eigenvalue weighted by molar-refractivity contribution is -0.384. The molecule has 8 nitrogen and oxygen atoms in total. The molecule has 10 heteroatoms. The number of benzene rings is 2. The van der Waals surface area contributed by atoms with Crippen molar-refractivity contribution in [2.24, 2.45) is 4.99 Å². The van der Waals surface area contributed by atoms with Crippen molar-refractivity contribution in [3.05, 3.63) is 107 Å². The third-order valence-electron chi connectivity index (χ3n) is 5.11. The zero-order valence-corrected chi connectivity index (χ0v) is 18.5. The highest BCUT2D eigenvalue weighted by Gasteiger charge is 2.34. The van der Waals surface area contributed by atoms with Gasteiger partial charge in [0.1, 0.15) is 5.82 Å². The molecule has 0 unspecified atom stereocenters. The summed E-state index contributed by atoms with van der Waals surface area (Å²) in [5, 5.41) is 11.3. The summed E-state index contributed by atoms with van der Waals surface area (Å²) in [7, 11) is 0. The Bertz CT molecular complexity index is 1490. The van der Waals surface area contributed by atoms with E-state index in [-0.39, 0.29) is 28.0 Å². The van der Waals surface area contributed by atoms with Crippen molar-refractivity contribution in [3.63, 3.8) is 0 Å². The van der Waals surface area contributed by atoms with Crippen molar-refractivity contribution < 1.29 is 18.8 Å². The number of fused-ring (bicyclic) bond motifs is 1. The van der Waals surface area contributed by atoms with Gasteiger partial charge in [0.25, 0.3) is 11.2 Å². The number of nitrogens with zero attached hydrogens (tertiary/aromatic N) is 3. The lowest BCUT2D eigenvalue weighted by Crippen LogP contribution is -2.40. The SMILES string of the molecule is CCOC(=O)C1=C(C)N=c2s/c(=C/c3ccccc3F)c(=O)n2[C@@H]1c1cccc([N+](=O)[O-])c1. The first-order valence-electron chi connectivity index (χ1n) is 10.0. The zero-order valence-electron chi connectivity index (χ0n) is 17.6. The molecule has 3 aromatic rings. The highest BCUT2D eigenvalue weighted by Crippen LogP contribution is 2.32. The van der Waals surface area contributed by atoms with Crippen LogP contribution in [0.1, 0.15) is 31.0 Å². The highest BCUT2D eigenvalue weighted by molar-refractivity contribution is 7.07. The van der Waals surface area contributed by atoms with E-state index in [1.165, 1.54) is 34.9 Å². The van der Waals surface area contributed by atoms with Crippen molar-refractivity contribution in [2.75, 3.05) is 6.61 Å². The molecule has 4 rings (SSSR count). The minimum atomic E-state index is -0.983. The van der Waals surface area contributed by atoms with Gasteiger partial charge >= 0.3 is 5.97 Å². The molecule has 0 radical (unpaired) electrons. The molecule has 0 bridgehead atoms. The largest absolute Gasteiger partial charge is 0.463 e.